The minimum atomic E-state index is -1.45. The van der Waals surface area contributed by atoms with Crippen LogP contribution in [0.5, 0.6) is 0 Å². The van der Waals surface area contributed by atoms with Gasteiger partial charge in [0.25, 0.3) is 0 Å². The molecule has 1 aromatic rings. The smallest absolute Gasteiger partial charge is 0.340 e. The molecule has 0 bridgehead atoms. The van der Waals surface area contributed by atoms with Gasteiger partial charge >= 0.3 is 17.9 Å². The first-order chi connectivity index (χ1) is 12.1. The molecule has 148 valence electrons. The number of guanidine groups is 1. The molecule has 0 saturated heterocycles. The van der Waals surface area contributed by atoms with Crippen LogP contribution in [0.1, 0.15) is 72.6 Å². The van der Waals surface area contributed by atoms with E-state index in [0.29, 0.717) is 0 Å². The first kappa shape index (κ1) is 21.9. The van der Waals surface area contributed by atoms with Crippen molar-refractivity contribution in [3.05, 3.63) is 28.8 Å². The quantitative estimate of drug-likeness (QED) is 0.354. The normalized spacial score (nSPS) is 11.5. The maximum atomic E-state index is 12.6. The Morgan fingerprint density at radius 2 is 1.41 bits per heavy atom. The van der Waals surface area contributed by atoms with Crippen LogP contribution in [-0.2, 0) is 9.47 Å². The van der Waals surface area contributed by atoms with Crippen LogP contribution in [0.25, 0.3) is 0 Å². The fraction of sp³-hybridized carbons (Fsp3) is 0.444. The van der Waals surface area contributed by atoms with Gasteiger partial charge in [-0.25, -0.2) is 14.4 Å². The number of carbonyl (C=O) groups is 3. The molecule has 0 aliphatic carbocycles. The predicted octanol–water partition coefficient (Wildman–Crippen LogP) is 2.60. The Bertz CT molecular complexity index is 788. The number of rotatable bonds is 4. The van der Waals surface area contributed by atoms with E-state index in [1.807, 2.05) is 0 Å². The monoisotopic (exact) mass is 379 g/mol. The van der Waals surface area contributed by atoms with E-state index in [1.165, 1.54) is 6.07 Å². The third kappa shape index (κ3) is 6.61. The molecule has 27 heavy (non-hydrogen) atoms. The molecule has 0 radical (unpaired) electrons. The summed E-state index contributed by atoms with van der Waals surface area (Å²) in [7, 11) is 0. The van der Waals surface area contributed by atoms with Crippen molar-refractivity contribution in [2.24, 2.45) is 5.73 Å². The molecule has 0 amide bonds. The van der Waals surface area contributed by atoms with E-state index in [0.717, 1.165) is 6.07 Å². The molecule has 9 heteroatoms. The van der Waals surface area contributed by atoms with Crippen LogP contribution in [0, 0.1) is 5.41 Å². The molecule has 0 spiro atoms. The standard InChI is InChI=1S/C18H25N3O6/c1-17(2,3)26-14(24)11-8-9(21-16(19)20)7-10(13(22)23)12(11)15(25)27-18(4,5)6/h7-8H,1-6H3,(H,22,23)(H4,19,20,21). The number of carbonyl (C=O) groups excluding carboxylic acids is 2. The van der Waals surface area contributed by atoms with E-state index < -0.39 is 46.2 Å². The summed E-state index contributed by atoms with van der Waals surface area (Å²) in [6, 6.07) is 2.29. The first-order valence-electron chi connectivity index (χ1n) is 8.10. The number of nitrogens with one attached hydrogen (secondary N) is 2. The number of benzene rings is 1. The number of anilines is 1. The van der Waals surface area contributed by atoms with Gasteiger partial charge < -0.3 is 25.6 Å². The molecular formula is C18H25N3O6. The fourth-order valence-corrected chi connectivity index (χ4v) is 2.08. The highest BCUT2D eigenvalue weighted by Crippen LogP contribution is 2.26. The van der Waals surface area contributed by atoms with E-state index in [2.05, 4.69) is 5.32 Å². The summed E-state index contributed by atoms with van der Waals surface area (Å²) in [5.41, 5.74) is 2.33. The molecule has 0 unspecified atom stereocenters. The fourth-order valence-electron chi connectivity index (χ4n) is 2.08. The van der Waals surface area contributed by atoms with Crippen LogP contribution in [0.3, 0.4) is 0 Å². The summed E-state index contributed by atoms with van der Waals surface area (Å²) in [4.78, 5) is 37.0. The van der Waals surface area contributed by atoms with E-state index >= 15 is 0 Å². The van der Waals surface area contributed by atoms with E-state index in [1.54, 1.807) is 41.5 Å². The summed E-state index contributed by atoms with van der Waals surface area (Å²) >= 11 is 0. The zero-order chi connectivity index (χ0) is 21.2. The lowest BCUT2D eigenvalue weighted by atomic mass is 9.98. The predicted molar refractivity (Wildman–Crippen MR) is 99.3 cm³/mol. The van der Waals surface area contributed by atoms with Crippen molar-refractivity contribution in [2.75, 3.05) is 5.32 Å². The lowest BCUT2D eigenvalue weighted by molar-refractivity contribution is 0.00171. The topological polar surface area (TPSA) is 152 Å². The molecule has 0 aromatic heterocycles. The van der Waals surface area contributed by atoms with Crippen molar-refractivity contribution < 1.29 is 29.0 Å². The minimum Gasteiger partial charge on any atom is -0.478 e. The molecule has 5 N–H and O–H groups in total. The van der Waals surface area contributed by atoms with Crippen LogP contribution in [0.2, 0.25) is 0 Å². The Balaban J connectivity index is 3.68. The van der Waals surface area contributed by atoms with Crippen LogP contribution >= 0.6 is 0 Å². The summed E-state index contributed by atoms with van der Waals surface area (Å²) in [6.45, 7) is 9.74. The second kappa shape index (κ2) is 7.65. The van der Waals surface area contributed by atoms with Crippen LogP contribution in [-0.4, -0.2) is 40.2 Å². The molecule has 1 aromatic carbocycles. The van der Waals surface area contributed by atoms with E-state index in [9.17, 15) is 19.5 Å². The van der Waals surface area contributed by atoms with Crippen molar-refractivity contribution >= 4 is 29.6 Å². The molecule has 0 aliphatic heterocycles. The zero-order valence-electron chi connectivity index (χ0n) is 16.2. The second-order valence-corrected chi connectivity index (χ2v) is 7.79. The van der Waals surface area contributed by atoms with Crippen molar-refractivity contribution in [2.45, 2.75) is 52.7 Å². The third-order valence-corrected chi connectivity index (χ3v) is 2.87. The molecule has 0 fully saturated rings. The highest BCUT2D eigenvalue weighted by Gasteiger charge is 2.31. The average molecular weight is 379 g/mol. The molecule has 0 saturated carbocycles. The van der Waals surface area contributed by atoms with Crippen LogP contribution < -0.4 is 11.1 Å². The second-order valence-electron chi connectivity index (χ2n) is 7.79. The van der Waals surface area contributed by atoms with Crippen LogP contribution in [0.4, 0.5) is 5.69 Å². The SMILES string of the molecule is CC(C)(C)OC(=O)c1cc(NC(=N)N)cc(C(=O)O)c1C(=O)OC(C)(C)C. The Kier molecular flexibility index (Phi) is 6.21. The molecule has 0 atom stereocenters. The largest absolute Gasteiger partial charge is 0.478 e. The van der Waals surface area contributed by atoms with Gasteiger partial charge in [-0.15, -0.1) is 0 Å². The van der Waals surface area contributed by atoms with Gasteiger partial charge in [0.1, 0.15) is 11.2 Å². The molecular weight excluding hydrogens is 354 g/mol. The number of carboxylic acids is 1. The Morgan fingerprint density at radius 1 is 0.963 bits per heavy atom. The van der Waals surface area contributed by atoms with Gasteiger partial charge in [0, 0.05) is 5.69 Å². The Labute approximate surface area is 157 Å². The van der Waals surface area contributed by atoms with Crippen LogP contribution in [0.15, 0.2) is 12.1 Å². The number of hydrogen-bond donors (Lipinski definition) is 4. The minimum absolute atomic E-state index is 0.0491. The van der Waals surface area contributed by atoms with Gasteiger partial charge in [0.05, 0.1) is 16.7 Å². The lowest BCUT2D eigenvalue weighted by Gasteiger charge is -2.23. The summed E-state index contributed by atoms with van der Waals surface area (Å²) < 4.78 is 10.5. The number of nitrogens with two attached hydrogens (primary N) is 1. The number of ether oxygens (including phenoxy) is 2. The Morgan fingerprint density at radius 3 is 1.81 bits per heavy atom. The number of hydrogen-bond acceptors (Lipinski definition) is 6. The van der Waals surface area contributed by atoms with Crippen molar-refractivity contribution in [1.29, 1.82) is 5.41 Å². The lowest BCUT2D eigenvalue weighted by Crippen LogP contribution is -2.30. The number of aromatic carboxylic acids is 1. The molecule has 0 heterocycles. The molecule has 1 rings (SSSR count). The highest BCUT2D eigenvalue weighted by molar-refractivity contribution is 6.11. The van der Waals surface area contributed by atoms with Gasteiger partial charge in [-0.1, -0.05) is 0 Å². The van der Waals surface area contributed by atoms with Gasteiger partial charge in [-0.2, -0.15) is 0 Å². The maximum absolute atomic E-state index is 12.6. The average Bonchev–Trinajstić information content (AvgIpc) is 2.41. The van der Waals surface area contributed by atoms with Crippen molar-refractivity contribution in [3.63, 3.8) is 0 Å². The summed E-state index contributed by atoms with van der Waals surface area (Å²) in [5.74, 6) is -3.80. The van der Waals surface area contributed by atoms with E-state index in [4.69, 9.17) is 20.6 Å². The highest BCUT2D eigenvalue weighted by atomic mass is 16.6. The van der Waals surface area contributed by atoms with Gasteiger partial charge in [-0.3, -0.25) is 5.41 Å². The first-order valence-corrected chi connectivity index (χ1v) is 8.10. The molecule has 9 nitrogen and oxygen atoms in total. The zero-order valence-corrected chi connectivity index (χ0v) is 16.2. The van der Waals surface area contributed by atoms with Crippen molar-refractivity contribution in [3.8, 4) is 0 Å². The Hall–Kier alpha value is -3.10. The van der Waals surface area contributed by atoms with Gasteiger partial charge in [0.2, 0.25) is 0 Å². The summed E-state index contributed by atoms with van der Waals surface area (Å²) in [6.07, 6.45) is 0. The number of esters is 2. The summed E-state index contributed by atoms with van der Waals surface area (Å²) in [5, 5.41) is 19.2. The molecule has 0 aliphatic rings. The van der Waals surface area contributed by atoms with Crippen molar-refractivity contribution in [1.82, 2.24) is 0 Å². The third-order valence-electron chi connectivity index (χ3n) is 2.87. The van der Waals surface area contributed by atoms with E-state index in [-0.39, 0.29) is 11.3 Å². The van der Waals surface area contributed by atoms with Gasteiger partial charge in [0.15, 0.2) is 5.96 Å². The van der Waals surface area contributed by atoms with Gasteiger partial charge in [-0.05, 0) is 53.7 Å². The maximum Gasteiger partial charge on any atom is 0.340 e. The number of carboxylic acid groups (broad SMARTS) is 1.